The van der Waals surface area contributed by atoms with Gasteiger partial charge in [-0.1, -0.05) is 18.2 Å². The number of aromatic nitrogens is 2. The van der Waals surface area contributed by atoms with Gasteiger partial charge in [0.2, 0.25) is 10.0 Å². The number of anilines is 1. The highest BCUT2D eigenvalue weighted by Gasteiger charge is 2.24. The number of para-hydroxylation sites is 1. The Balaban J connectivity index is 1.64. The molecule has 1 saturated heterocycles. The van der Waals surface area contributed by atoms with E-state index in [0.29, 0.717) is 12.1 Å². The Kier molecular flexibility index (Phi) is 7.28. The van der Waals surface area contributed by atoms with E-state index >= 15 is 0 Å². The average Bonchev–Trinajstić information content (AvgIpc) is 3.16. The quantitative estimate of drug-likeness (QED) is 0.541. The van der Waals surface area contributed by atoms with E-state index in [1.165, 1.54) is 20.2 Å². The summed E-state index contributed by atoms with van der Waals surface area (Å²) in [6, 6.07) is 14.7. The molecule has 1 aliphatic heterocycles. The number of amides is 1. The SMILES string of the molecule is Cc1nn(-c2ccccc2)c(C)c1CNC(=O)c1cc(S(=O)(=O)N(C)C)ccc1N1CCCCC1. The third-order valence-electron chi connectivity index (χ3n) is 6.56. The predicted octanol–water partition coefficient (Wildman–Crippen LogP) is 3.66. The van der Waals surface area contributed by atoms with Gasteiger partial charge in [0.25, 0.3) is 5.91 Å². The number of piperidine rings is 1. The molecule has 8 nitrogen and oxygen atoms in total. The molecule has 0 radical (unpaired) electrons. The Morgan fingerprint density at radius 3 is 2.37 bits per heavy atom. The number of carbonyl (C=O) groups is 1. The summed E-state index contributed by atoms with van der Waals surface area (Å²) in [5, 5.41) is 7.68. The molecule has 0 unspecified atom stereocenters. The summed E-state index contributed by atoms with van der Waals surface area (Å²) >= 11 is 0. The van der Waals surface area contributed by atoms with Crippen molar-refractivity contribution < 1.29 is 13.2 Å². The number of hydrogen-bond acceptors (Lipinski definition) is 5. The highest BCUT2D eigenvalue weighted by Crippen LogP contribution is 2.28. The highest BCUT2D eigenvalue weighted by molar-refractivity contribution is 7.89. The van der Waals surface area contributed by atoms with Crippen LogP contribution in [0.2, 0.25) is 0 Å². The molecule has 2 aromatic carbocycles. The Morgan fingerprint density at radius 2 is 1.71 bits per heavy atom. The zero-order chi connectivity index (χ0) is 25.2. The number of nitrogens with zero attached hydrogens (tertiary/aromatic N) is 4. The van der Waals surface area contributed by atoms with Crippen molar-refractivity contribution in [1.29, 1.82) is 0 Å². The van der Waals surface area contributed by atoms with Gasteiger partial charge in [0, 0.05) is 50.7 Å². The van der Waals surface area contributed by atoms with Crippen LogP contribution in [0.15, 0.2) is 53.4 Å². The molecule has 1 N–H and O–H groups in total. The van der Waals surface area contributed by atoms with Crippen molar-refractivity contribution in [1.82, 2.24) is 19.4 Å². The Bertz CT molecular complexity index is 1310. The summed E-state index contributed by atoms with van der Waals surface area (Å²) in [5.74, 6) is -0.298. The lowest BCUT2D eigenvalue weighted by molar-refractivity contribution is 0.0951. The van der Waals surface area contributed by atoms with Gasteiger partial charge in [-0.2, -0.15) is 5.10 Å². The van der Waals surface area contributed by atoms with Crippen molar-refractivity contribution in [2.45, 2.75) is 44.6 Å². The van der Waals surface area contributed by atoms with E-state index < -0.39 is 10.0 Å². The normalized spacial score (nSPS) is 14.4. The first-order valence-electron chi connectivity index (χ1n) is 11.9. The number of sulfonamides is 1. The van der Waals surface area contributed by atoms with E-state index in [2.05, 4.69) is 15.3 Å². The molecule has 186 valence electrons. The third kappa shape index (κ3) is 5.11. The van der Waals surface area contributed by atoms with E-state index in [0.717, 1.165) is 65.0 Å². The van der Waals surface area contributed by atoms with Crippen LogP contribution in [-0.2, 0) is 16.6 Å². The van der Waals surface area contributed by atoms with Gasteiger partial charge in [-0.15, -0.1) is 0 Å². The smallest absolute Gasteiger partial charge is 0.253 e. The van der Waals surface area contributed by atoms with Gasteiger partial charge in [0.1, 0.15) is 0 Å². The van der Waals surface area contributed by atoms with Crippen molar-refractivity contribution >= 4 is 21.6 Å². The van der Waals surface area contributed by atoms with E-state index in [1.54, 1.807) is 12.1 Å². The zero-order valence-corrected chi connectivity index (χ0v) is 21.6. The van der Waals surface area contributed by atoms with Crippen molar-refractivity contribution in [2.75, 3.05) is 32.1 Å². The number of carbonyl (C=O) groups excluding carboxylic acids is 1. The van der Waals surface area contributed by atoms with Crippen LogP contribution in [0.3, 0.4) is 0 Å². The third-order valence-corrected chi connectivity index (χ3v) is 8.37. The predicted molar refractivity (Wildman–Crippen MR) is 138 cm³/mol. The van der Waals surface area contributed by atoms with Crippen LogP contribution < -0.4 is 10.2 Å². The van der Waals surface area contributed by atoms with Gasteiger partial charge in [-0.05, 0) is 63.4 Å². The van der Waals surface area contributed by atoms with Crippen LogP contribution in [0.25, 0.3) is 5.69 Å². The van der Waals surface area contributed by atoms with Gasteiger partial charge >= 0.3 is 0 Å². The van der Waals surface area contributed by atoms with Gasteiger partial charge in [0.15, 0.2) is 0 Å². The number of benzene rings is 2. The molecule has 0 saturated carbocycles. The van der Waals surface area contributed by atoms with Crippen LogP contribution >= 0.6 is 0 Å². The van der Waals surface area contributed by atoms with Crippen LogP contribution in [0.5, 0.6) is 0 Å². The minimum absolute atomic E-state index is 0.109. The van der Waals surface area contributed by atoms with Crippen LogP contribution in [0.1, 0.15) is 46.6 Å². The molecule has 9 heteroatoms. The summed E-state index contributed by atoms with van der Waals surface area (Å²) in [6.45, 7) is 5.91. The highest BCUT2D eigenvalue weighted by atomic mass is 32.2. The molecule has 1 aliphatic rings. The topological polar surface area (TPSA) is 87.5 Å². The molecule has 2 heterocycles. The Hall–Kier alpha value is -3.17. The average molecular weight is 496 g/mol. The standard InChI is InChI=1S/C26H33N5O3S/c1-19-24(20(2)31(28-19)21-11-7-5-8-12-21)18-27-26(32)23-17-22(35(33,34)29(3)4)13-14-25(23)30-15-9-6-10-16-30/h5,7-8,11-14,17H,6,9-10,15-16,18H2,1-4H3,(H,27,32). The van der Waals surface area contributed by atoms with Gasteiger partial charge < -0.3 is 10.2 Å². The fraction of sp³-hybridized carbons (Fsp3) is 0.385. The number of aryl methyl sites for hydroxylation is 1. The largest absolute Gasteiger partial charge is 0.371 e. The fourth-order valence-corrected chi connectivity index (χ4v) is 5.42. The molecule has 3 aromatic rings. The van der Waals surface area contributed by atoms with Crippen molar-refractivity contribution in [3.63, 3.8) is 0 Å². The maximum atomic E-state index is 13.5. The molecule has 1 aromatic heterocycles. The molecular weight excluding hydrogens is 462 g/mol. The number of nitrogens with one attached hydrogen (secondary N) is 1. The first-order chi connectivity index (χ1) is 16.7. The summed E-state index contributed by atoms with van der Waals surface area (Å²) in [7, 11) is -0.687. The first-order valence-corrected chi connectivity index (χ1v) is 13.3. The lowest BCUT2D eigenvalue weighted by Gasteiger charge is -2.30. The molecule has 0 atom stereocenters. The van der Waals surface area contributed by atoms with Crippen molar-refractivity contribution in [3.8, 4) is 5.69 Å². The molecule has 0 aliphatic carbocycles. The summed E-state index contributed by atoms with van der Waals surface area (Å²) in [5.41, 5.74) is 4.84. The Morgan fingerprint density at radius 1 is 1.03 bits per heavy atom. The van der Waals surface area contributed by atoms with E-state index in [4.69, 9.17) is 0 Å². The van der Waals surface area contributed by atoms with Gasteiger partial charge in [0.05, 0.1) is 21.8 Å². The summed E-state index contributed by atoms with van der Waals surface area (Å²) in [4.78, 5) is 15.7. The lowest BCUT2D eigenvalue weighted by Crippen LogP contribution is -2.33. The fourth-order valence-electron chi connectivity index (χ4n) is 4.49. The number of rotatable bonds is 7. The minimum Gasteiger partial charge on any atom is -0.371 e. The second-order valence-corrected chi connectivity index (χ2v) is 11.2. The van der Waals surface area contributed by atoms with Gasteiger partial charge in [-0.3, -0.25) is 4.79 Å². The van der Waals surface area contributed by atoms with E-state index in [1.807, 2.05) is 48.9 Å². The minimum atomic E-state index is -3.67. The monoisotopic (exact) mass is 495 g/mol. The van der Waals surface area contributed by atoms with Crippen LogP contribution in [-0.4, -0.2) is 55.6 Å². The first kappa shape index (κ1) is 24.9. The zero-order valence-electron chi connectivity index (χ0n) is 20.8. The summed E-state index contributed by atoms with van der Waals surface area (Å²) < 4.78 is 28.6. The molecule has 4 rings (SSSR count). The molecular formula is C26H33N5O3S. The lowest BCUT2D eigenvalue weighted by atomic mass is 10.1. The summed E-state index contributed by atoms with van der Waals surface area (Å²) in [6.07, 6.45) is 3.26. The molecule has 35 heavy (non-hydrogen) atoms. The van der Waals surface area contributed by atoms with Crippen molar-refractivity contribution in [3.05, 3.63) is 71.0 Å². The second-order valence-electron chi connectivity index (χ2n) is 9.09. The van der Waals surface area contributed by atoms with Crippen molar-refractivity contribution in [2.24, 2.45) is 0 Å². The maximum Gasteiger partial charge on any atom is 0.253 e. The molecule has 0 spiro atoms. The van der Waals surface area contributed by atoms with E-state index in [-0.39, 0.29) is 10.8 Å². The van der Waals surface area contributed by atoms with Crippen LogP contribution in [0, 0.1) is 13.8 Å². The molecule has 1 fully saturated rings. The second kappa shape index (κ2) is 10.2. The number of hydrogen-bond donors (Lipinski definition) is 1. The molecule has 1 amide bonds. The van der Waals surface area contributed by atoms with Crippen LogP contribution in [0.4, 0.5) is 5.69 Å². The van der Waals surface area contributed by atoms with E-state index in [9.17, 15) is 13.2 Å². The maximum absolute atomic E-state index is 13.5. The molecule has 0 bridgehead atoms. The Labute approximate surface area is 207 Å². The van der Waals surface area contributed by atoms with Gasteiger partial charge in [-0.25, -0.2) is 17.4 Å².